The molecule has 0 fully saturated rings. The molecule has 11 aromatic carbocycles. The Kier molecular flexibility index (Phi) is 8.81. The van der Waals surface area contributed by atoms with Gasteiger partial charge in [-0.2, -0.15) is 0 Å². The van der Waals surface area contributed by atoms with Crippen LogP contribution in [0.25, 0.3) is 87.7 Å². The summed E-state index contributed by atoms with van der Waals surface area (Å²) >= 11 is 0. The van der Waals surface area contributed by atoms with Crippen molar-refractivity contribution in [2.24, 2.45) is 0 Å². The van der Waals surface area contributed by atoms with E-state index in [9.17, 15) is 0 Å². The van der Waals surface area contributed by atoms with Gasteiger partial charge in [-0.3, -0.25) is 0 Å². The Morgan fingerprint density at radius 1 is 0.242 bits per heavy atom. The van der Waals surface area contributed by atoms with Crippen molar-refractivity contribution >= 4 is 99.5 Å². The van der Waals surface area contributed by atoms with Gasteiger partial charge < -0.3 is 18.6 Å². The molecular formula is C62H40N2O2. The van der Waals surface area contributed by atoms with Crippen molar-refractivity contribution in [2.75, 3.05) is 9.80 Å². The average molecular weight is 845 g/mol. The smallest absolute Gasteiger partial charge is 0.137 e. The topological polar surface area (TPSA) is 32.8 Å². The minimum Gasteiger partial charge on any atom is -0.456 e. The van der Waals surface area contributed by atoms with Crippen molar-refractivity contribution < 1.29 is 8.83 Å². The maximum Gasteiger partial charge on any atom is 0.137 e. The van der Waals surface area contributed by atoms with Crippen LogP contribution in [0.15, 0.2) is 251 Å². The number of fused-ring (bicyclic) bond motifs is 8. The van der Waals surface area contributed by atoms with Crippen LogP contribution in [0.4, 0.5) is 34.1 Å². The molecule has 13 aromatic rings. The lowest BCUT2D eigenvalue weighted by Gasteiger charge is -2.29. The van der Waals surface area contributed by atoms with E-state index in [1.54, 1.807) is 0 Å². The minimum atomic E-state index is 0.854. The molecule has 66 heavy (non-hydrogen) atoms. The van der Waals surface area contributed by atoms with Crippen molar-refractivity contribution in [3.8, 4) is 22.3 Å². The summed E-state index contributed by atoms with van der Waals surface area (Å²) in [5, 5.41) is 9.21. The number of nitrogens with zero attached hydrogens (tertiary/aromatic N) is 2. The van der Waals surface area contributed by atoms with E-state index in [0.717, 1.165) is 100 Å². The molecule has 0 spiro atoms. The van der Waals surface area contributed by atoms with E-state index in [1.807, 2.05) is 24.3 Å². The zero-order valence-electron chi connectivity index (χ0n) is 35.8. The first-order valence-electron chi connectivity index (χ1n) is 22.4. The van der Waals surface area contributed by atoms with E-state index >= 15 is 0 Å². The van der Waals surface area contributed by atoms with Crippen LogP contribution in [-0.4, -0.2) is 0 Å². The monoisotopic (exact) mass is 844 g/mol. The first-order chi connectivity index (χ1) is 32.7. The Morgan fingerprint density at radius 3 is 1.29 bits per heavy atom. The molecule has 2 heterocycles. The summed E-state index contributed by atoms with van der Waals surface area (Å²) in [4.78, 5) is 4.69. The maximum absolute atomic E-state index is 6.48. The van der Waals surface area contributed by atoms with Crippen LogP contribution in [-0.2, 0) is 0 Å². The van der Waals surface area contributed by atoms with Crippen molar-refractivity contribution in [3.05, 3.63) is 243 Å². The molecule has 0 saturated heterocycles. The molecule has 0 radical (unpaired) electrons. The van der Waals surface area contributed by atoms with Gasteiger partial charge in [-0.25, -0.2) is 0 Å². The molecule has 0 atom stereocenters. The van der Waals surface area contributed by atoms with Gasteiger partial charge in [-0.15, -0.1) is 0 Å². The highest BCUT2D eigenvalue weighted by atomic mass is 16.3. The molecule has 13 rings (SSSR count). The van der Waals surface area contributed by atoms with Crippen LogP contribution in [0, 0.1) is 0 Å². The largest absolute Gasteiger partial charge is 0.456 e. The third kappa shape index (κ3) is 6.46. The Labute approximate surface area is 381 Å². The molecule has 0 unspecified atom stereocenters. The number of hydrogen-bond donors (Lipinski definition) is 0. The summed E-state index contributed by atoms with van der Waals surface area (Å²) in [7, 11) is 0. The second kappa shape index (κ2) is 15.4. The molecule has 0 bridgehead atoms. The van der Waals surface area contributed by atoms with E-state index in [-0.39, 0.29) is 0 Å². The maximum atomic E-state index is 6.48. The van der Waals surface area contributed by atoms with Crippen LogP contribution in [0.3, 0.4) is 0 Å². The standard InChI is InChI=1S/C62H40N2O2/c1-2-14-44(15-3-1)57-38-47(26-35-58(57)64(50-30-25-42-13-5-7-17-46(42)37-50)52-32-34-56-54-19-9-11-21-60(54)66-62(56)40-52)43-22-27-48(28-23-43)63(49-29-24-41-12-4-6-16-45(41)36-49)51-31-33-55-53-18-8-10-20-59(53)65-61(55)39-51/h1-40H. The number of benzene rings is 11. The third-order valence-corrected chi connectivity index (χ3v) is 13.0. The number of furan rings is 2. The van der Waals surface area contributed by atoms with Gasteiger partial charge in [0.25, 0.3) is 0 Å². The predicted octanol–water partition coefficient (Wildman–Crippen LogP) is 18.1. The van der Waals surface area contributed by atoms with Crippen molar-refractivity contribution in [2.45, 2.75) is 0 Å². The summed E-state index contributed by atoms with van der Waals surface area (Å²) in [6.07, 6.45) is 0. The lowest BCUT2D eigenvalue weighted by atomic mass is 9.95. The fourth-order valence-corrected chi connectivity index (χ4v) is 9.78. The highest BCUT2D eigenvalue weighted by Crippen LogP contribution is 2.46. The average Bonchev–Trinajstić information content (AvgIpc) is 3.95. The molecule has 2 aromatic heterocycles. The number of hydrogen-bond acceptors (Lipinski definition) is 4. The zero-order valence-corrected chi connectivity index (χ0v) is 35.8. The fraction of sp³-hybridized carbons (Fsp3) is 0. The van der Waals surface area contributed by atoms with Gasteiger partial charge in [0, 0.05) is 67.7 Å². The number of para-hydroxylation sites is 2. The van der Waals surface area contributed by atoms with Gasteiger partial charge in [0.05, 0.1) is 5.69 Å². The molecule has 4 heteroatoms. The third-order valence-electron chi connectivity index (χ3n) is 13.0. The second-order valence-electron chi connectivity index (χ2n) is 16.9. The summed E-state index contributed by atoms with van der Waals surface area (Å²) in [6, 6.07) is 86.6. The van der Waals surface area contributed by atoms with Crippen molar-refractivity contribution in [3.63, 3.8) is 0 Å². The quantitative estimate of drug-likeness (QED) is 0.153. The Bertz CT molecular complexity index is 3960. The van der Waals surface area contributed by atoms with Crippen LogP contribution in [0.5, 0.6) is 0 Å². The van der Waals surface area contributed by atoms with Crippen LogP contribution < -0.4 is 9.80 Å². The molecule has 0 aliphatic carbocycles. The minimum absolute atomic E-state index is 0.854. The van der Waals surface area contributed by atoms with Gasteiger partial charge in [0.2, 0.25) is 0 Å². The van der Waals surface area contributed by atoms with Gasteiger partial charge in [0.15, 0.2) is 0 Å². The second-order valence-corrected chi connectivity index (χ2v) is 16.9. The first kappa shape index (κ1) is 37.7. The van der Waals surface area contributed by atoms with E-state index in [4.69, 9.17) is 8.83 Å². The molecule has 0 N–H and O–H groups in total. The molecule has 310 valence electrons. The summed E-state index contributed by atoms with van der Waals surface area (Å²) in [5.41, 5.74) is 14.3. The lowest BCUT2D eigenvalue weighted by Crippen LogP contribution is -2.11. The first-order valence-corrected chi connectivity index (χ1v) is 22.4. The number of rotatable bonds is 8. The Balaban J connectivity index is 0.944. The number of anilines is 6. The highest BCUT2D eigenvalue weighted by molar-refractivity contribution is 6.08. The highest BCUT2D eigenvalue weighted by Gasteiger charge is 2.21. The molecule has 0 aliphatic heterocycles. The normalized spacial score (nSPS) is 11.6. The van der Waals surface area contributed by atoms with Crippen molar-refractivity contribution in [1.82, 2.24) is 0 Å². The SMILES string of the molecule is c1ccc(-c2cc(-c3ccc(N(c4ccc5ccccc5c4)c4ccc5c(c4)oc4ccccc45)cc3)ccc2N(c2ccc3ccccc3c2)c2ccc3c(c2)oc2ccccc23)cc1. The van der Waals surface area contributed by atoms with E-state index in [2.05, 4.69) is 228 Å². The molecule has 4 nitrogen and oxygen atoms in total. The van der Waals surface area contributed by atoms with Gasteiger partial charge in [0.1, 0.15) is 22.3 Å². The van der Waals surface area contributed by atoms with E-state index < -0.39 is 0 Å². The van der Waals surface area contributed by atoms with Crippen LogP contribution >= 0.6 is 0 Å². The molecule has 0 saturated carbocycles. The fourth-order valence-electron chi connectivity index (χ4n) is 9.78. The van der Waals surface area contributed by atoms with E-state index in [1.165, 1.54) is 21.5 Å². The van der Waals surface area contributed by atoms with E-state index in [0.29, 0.717) is 0 Å². The van der Waals surface area contributed by atoms with Gasteiger partial charge in [-0.05, 0) is 123 Å². The predicted molar refractivity (Wildman–Crippen MR) is 276 cm³/mol. The molecule has 0 amide bonds. The van der Waals surface area contributed by atoms with Gasteiger partial charge >= 0.3 is 0 Å². The summed E-state index contributed by atoms with van der Waals surface area (Å²) in [5.74, 6) is 0. The molecular weight excluding hydrogens is 805 g/mol. The molecule has 0 aliphatic rings. The Morgan fingerprint density at radius 2 is 0.682 bits per heavy atom. The zero-order chi connectivity index (χ0) is 43.6. The summed E-state index contributed by atoms with van der Waals surface area (Å²) < 4.78 is 12.9. The lowest BCUT2D eigenvalue weighted by molar-refractivity contribution is 0.668. The Hall–Kier alpha value is -8.86. The summed E-state index contributed by atoms with van der Waals surface area (Å²) in [6.45, 7) is 0. The van der Waals surface area contributed by atoms with Crippen LogP contribution in [0.2, 0.25) is 0 Å². The van der Waals surface area contributed by atoms with Crippen molar-refractivity contribution in [1.29, 1.82) is 0 Å². The van der Waals surface area contributed by atoms with Gasteiger partial charge in [-0.1, -0.05) is 146 Å². The van der Waals surface area contributed by atoms with Crippen LogP contribution in [0.1, 0.15) is 0 Å².